The first-order chi connectivity index (χ1) is 16.5. The summed E-state index contributed by atoms with van der Waals surface area (Å²) in [6.07, 6.45) is 8.49. The number of aromatic nitrogens is 5. The van der Waals surface area contributed by atoms with E-state index in [2.05, 4.69) is 45.4 Å². The van der Waals surface area contributed by atoms with Gasteiger partial charge in [-0.3, -0.25) is 0 Å². The third kappa shape index (κ3) is 6.37. The second-order valence-electron chi connectivity index (χ2n) is 8.48. The van der Waals surface area contributed by atoms with Gasteiger partial charge < -0.3 is 10.7 Å². The van der Waals surface area contributed by atoms with E-state index >= 15 is 0 Å². The Labute approximate surface area is 197 Å². The summed E-state index contributed by atoms with van der Waals surface area (Å²) in [6.45, 7) is 2.79. The highest BCUT2D eigenvalue weighted by Crippen LogP contribution is 2.26. The molecule has 0 bridgehead atoms. The van der Waals surface area contributed by atoms with Gasteiger partial charge in [0.2, 0.25) is 0 Å². The van der Waals surface area contributed by atoms with Gasteiger partial charge in [0.15, 0.2) is 5.95 Å². The van der Waals surface area contributed by atoms with Crippen LogP contribution in [0.5, 0.6) is 0 Å². The maximum Gasteiger partial charge on any atom is 0.198 e. The minimum atomic E-state index is -0.638. The molecular formula is C26H28F2N6. The molecule has 6 nitrogen and oxygen atoms in total. The molecule has 8 heteroatoms. The molecule has 4 aromatic rings. The van der Waals surface area contributed by atoms with Crippen molar-refractivity contribution in [3.05, 3.63) is 88.9 Å². The van der Waals surface area contributed by atoms with Crippen LogP contribution in [0.4, 0.5) is 14.7 Å². The molecule has 0 saturated carbocycles. The molecule has 0 spiro atoms. The number of benzene rings is 2. The molecule has 0 aliphatic heterocycles. The fraction of sp³-hybridized carbons (Fsp3) is 0.269. The Bertz CT molecular complexity index is 1240. The zero-order valence-electron chi connectivity index (χ0n) is 19.1. The molecule has 0 saturated heterocycles. The normalized spacial score (nSPS) is 11.8. The predicted molar refractivity (Wildman–Crippen MR) is 130 cm³/mol. The van der Waals surface area contributed by atoms with Crippen LogP contribution >= 0.6 is 0 Å². The van der Waals surface area contributed by atoms with Gasteiger partial charge in [-0.25, -0.2) is 18.4 Å². The second-order valence-corrected chi connectivity index (χ2v) is 8.48. The highest BCUT2D eigenvalue weighted by atomic mass is 19.1. The molecule has 34 heavy (non-hydrogen) atoms. The van der Waals surface area contributed by atoms with Crippen molar-refractivity contribution < 1.29 is 8.78 Å². The van der Waals surface area contributed by atoms with E-state index in [0.29, 0.717) is 24.2 Å². The fourth-order valence-corrected chi connectivity index (χ4v) is 3.99. The average molecular weight is 463 g/mol. The number of anilines is 1. The summed E-state index contributed by atoms with van der Waals surface area (Å²) >= 11 is 0. The zero-order chi connectivity index (χ0) is 23.9. The highest BCUT2D eigenvalue weighted by molar-refractivity contribution is 5.64. The molecule has 2 aromatic heterocycles. The number of nitrogens with zero attached hydrogens (tertiary/aromatic N) is 4. The standard InChI is InChI=1S/C26H28F2N6/c1-18(12-19-8-4-2-5-9-19)16-34-17-23(32-33-34)10-6-3-7-11-24-25(31-26(29)30-24)20-13-21(27)15-22(28)14-20/h2,4-5,8-9,12-15,17H,3,6-7,10-11,16H2,1H3,(H3,29,30,31)/b18-12-. The van der Waals surface area contributed by atoms with E-state index in [1.165, 1.54) is 23.3 Å². The first kappa shape index (κ1) is 23.4. The quantitative estimate of drug-likeness (QED) is 0.301. The van der Waals surface area contributed by atoms with E-state index in [0.717, 1.165) is 43.1 Å². The summed E-state index contributed by atoms with van der Waals surface area (Å²) in [5.41, 5.74) is 10.8. The Kier molecular flexibility index (Phi) is 7.47. The van der Waals surface area contributed by atoms with Crippen LogP contribution in [0.3, 0.4) is 0 Å². The molecule has 0 aliphatic carbocycles. The van der Waals surface area contributed by atoms with E-state index in [1.54, 1.807) is 0 Å². The molecule has 2 heterocycles. The van der Waals surface area contributed by atoms with Crippen molar-refractivity contribution in [1.82, 2.24) is 25.0 Å². The van der Waals surface area contributed by atoms with E-state index in [4.69, 9.17) is 5.73 Å². The number of nitrogen functional groups attached to an aromatic ring is 1. The van der Waals surface area contributed by atoms with Gasteiger partial charge in [0.1, 0.15) is 11.6 Å². The van der Waals surface area contributed by atoms with E-state index in [1.807, 2.05) is 29.1 Å². The number of halogens is 2. The Morgan fingerprint density at radius 1 is 1.03 bits per heavy atom. The van der Waals surface area contributed by atoms with Crippen LogP contribution in [-0.4, -0.2) is 25.0 Å². The Balaban J connectivity index is 1.25. The number of aromatic amines is 1. The minimum absolute atomic E-state index is 0.239. The summed E-state index contributed by atoms with van der Waals surface area (Å²) in [5.74, 6) is -1.04. The number of aryl methyl sites for hydroxylation is 2. The maximum atomic E-state index is 13.6. The molecule has 4 rings (SSSR count). The van der Waals surface area contributed by atoms with Crippen molar-refractivity contribution in [2.24, 2.45) is 0 Å². The van der Waals surface area contributed by atoms with E-state index < -0.39 is 11.6 Å². The molecule has 0 unspecified atom stereocenters. The first-order valence-corrected chi connectivity index (χ1v) is 11.4. The number of nitrogens with two attached hydrogens (primary N) is 1. The molecule has 0 radical (unpaired) electrons. The Morgan fingerprint density at radius 3 is 2.53 bits per heavy atom. The minimum Gasteiger partial charge on any atom is -0.369 e. The fourth-order valence-electron chi connectivity index (χ4n) is 3.99. The third-order valence-electron chi connectivity index (χ3n) is 5.50. The number of H-pyrrole nitrogens is 1. The van der Waals surface area contributed by atoms with Crippen LogP contribution < -0.4 is 5.73 Å². The van der Waals surface area contributed by atoms with Crippen LogP contribution in [-0.2, 0) is 19.4 Å². The lowest BCUT2D eigenvalue weighted by Crippen LogP contribution is -1.99. The SMILES string of the molecule is C/C(=C/c1ccccc1)Cn1cc(CCCCCc2[nH]c(N)nc2-c2cc(F)cc(F)c2)nn1. The lowest BCUT2D eigenvalue weighted by atomic mass is 10.0. The first-order valence-electron chi connectivity index (χ1n) is 11.4. The molecule has 0 amide bonds. The predicted octanol–water partition coefficient (Wildman–Crippen LogP) is 5.59. The Morgan fingerprint density at radius 2 is 1.76 bits per heavy atom. The average Bonchev–Trinajstić information content (AvgIpc) is 3.39. The van der Waals surface area contributed by atoms with Crippen LogP contribution in [0.2, 0.25) is 0 Å². The Hall–Kier alpha value is -3.81. The number of unbranched alkanes of at least 4 members (excludes halogenated alkanes) is 2. The van der Waals surface area contributed by atoms with Crippen molar-refractivity contribution in [2.45, 2.75) is 45.6 Å². The van der Waals surface area contributed by atoms with Crippen LogP contribution in [0.15, 0.2) is 60.3 Å². The van der Waals surface area contributed by atoms with Gasteiger partial charge >= 0.3 is 0 Å². The topological polar surface area (TPSA) is 85.4 Å². The van der Waals surface area contributed by atoms with E-state index in [9.17, 15) is 8.78 Å². The lowest BCUT2D eigenvalue weighted by Gasteiger charge is -2.04. The summed E-state index contributed by atoms with van der Waals surface area (Å²) in [7, 11) is 0. The molecule has 0 fully saturated rings. The third-order valence-corrected chi connectivity index (χ3v) is 5.50. The summed E-state index contributed by atoms with van der Waals surface area (Å²) in [5, 5.41) is 8.53. The molecular weight excluding hydrogens is 434 g/mol. The van der Waals surface area contributed by atoms with Crippen molar-refractivity contribution in [2.75, 3.05) is 5.73 Å². The highest BCUT2D eigenvalue weighted by Gasteiger charge is 2.13. The van der Waals surface area contributed by atoms with Gasteiger partial charge in [0, 0.05) is 23.5 Å². The number of hydrogen-bond donors (Lipinski definition) is 2. The van der Waals surface area contributed by atoms with Gasteiger partial charge in [0.05, 0.1) is 17.9 Å². The van der Waals surface area contributed by atoms with Gasteiger partial charge in [0.25, 0.3) is 0 Å². The van der Waals surface area contributed by atoms with Crippen LogP contribution in [0.25, 0.3) is 17.3 Å². The van der Waals surface area contributed by atoms with Gasteiger partial charge in [-0.05, 0) is 50.3 Å². The maximum absolute atomic E-state index is 13.6. The molecule has 176 valence electrons. The van der Waals surface area contributed by atoms with E-state index in [-0.39, 0.29) is 5.95 Å². The zero-order valence-corrected chi connectivity index (χ0v) is 19.1. The summed E-state index contributed by atoms with van der Waals surface area (Å²) in [4.78, 5) is 7.25. The number of allylic oxidation sites excluding steroid dienone is 1. The van der Waals surface area contributed by atoms with Crippen molar-refractivity contribution in [3.8, 4) is 11.3 Å². The van der Waals surface area contributed by atoms with Gasteiger partial charge in [-0.2, -0.15) is 0 Å². The largest absolute Gasteiger partial charge is 0.369 e. The molecule has 2 aromatic carbocycles. The number of nitrogens with one attached hydrogen (secondary N) is 1. The van der Waals surface area contributed by atoms with Gasteiger partial charge in [-0.15, -0.1) is 5.10 Å². The summed E-state index contributed by atoms with van der Waals surface area (Å²) in [6, 6.07) is 13.6. The smallest absolute Gasteiger partial charge is 0.198 e. The second kappa shape index (κ2) is 10.9. The van der Waals surface area contributed by atoms with Crippen LogP contribution in [0, 0.1) is 11.6 Å². The van der Waals surface area contributed by atoms with Crippen molar-refractivity contribution >= 4 is 12.0 Å². The summed E-state index contributed by atoms with van der Waals surface area (Å²) < 4.78 is 29.1. The molecule has 0 aliphatic rings. The number of imidazole rings is 1. The van der Waals surface area contributed by atoms with Crippen molar-refractivity contribution in [1.29, 1.82) is 0 Å². The number of hydrogen-bond acceptors (Lipinski definition) is 4. The monoisotopic (exact) mass is 462 g/mol. The molecule has 3 N–H and O–H groups in total. The molecule has 0 atom stereocenters. The lowest BCUT2D eigenvalue weighted by molar-refractivity contribution is 0.584. The number of rotatable bonds is 10. The van der Waals surface area contributed by atoms with Gasteiger partial charge in [-0.1, -0.05) is 53.6 Å². The van der Waals surface area contributed by atoms with Crippen LogP contribution in [0.1, 0.15) is 43.1 Å². The van der Waals surface area contributed by atoms with Crippen molar-refractivity contribution in [3.63, 3.8) is 0 Å².